The van der Waals surface area contributed by atoms with Crippen molar-refractivity contribution in [3.05, 3.63) is 0 Å². The van der Waals surface area contributed by atoms with Crippen LogP contribution in [-0.4, -0.2) is 23.8 Å². The Bertz CT molecular complexity index is 105. The first-order chi connectivity index (χ1) is 4.30. The van der Waals surface area contributed by atoms with Gasteiger partial charge in [-0.2, -0.15) is 4.89 Å². The number of aliphatic carboxylic acids is 1. The molecule has 52 valence electrons. The smallest absolute Gasteiger partial charge is 0.338 e. The van der Waals surface area contributed by atoms with E-state index in [2.05, 4.69) is 19.9 Å². The highest BCUT2D eigenvalue weighted by atomic mass is 17.7. The summed E-state index contributed by atoms with van der Waals surface area (Å²) in [6.07, 6.45) is -1.10. The lowest BCUT2D eigenvalue weighted by molar-refractivity contribution is -0.671. The fourth-order valence-corrected chi connectivity index (χ4v) is 0.313. The van der Waals surface area contributed by atoms with Gasteiger partial charge in [-0.25, -0.2) is 9.68 Å². The highest BCUT2D eigenvalue weighted by Gasteiger charge is 2.24. The third-order valence-electron chi connectivity index (χ3n) is 0.726. The lowest BCUT2D eigenvalue weighted by Crippen LogP contribution is -2.33. The topological polar surface area (TPSA) is 74.2 Å². The zero-order chi connectivity index (χ0) is 6.69. The molecule has 1 N–H and O–H groups in total. The monoisotopic (exact) mass is 136 g/mol. The van der Waals surface area contributed by atoms with Crippen molar-refractivity contribution in [1.82, 2.24) is 0 Å². The molecule has 0 saturated carbocycles. The van der Waals surface area contributed by atoms with Gasteiger partial charge in [-0.1, -0.05) is 0 Å². The third-order valence-corrected chi connectivity index (χ3v) is 0.726. The summed E-state index contributed by atoms with van der Waals surface area (Å²) in [5.41, 5.74) is 0. The zero-order valence-corrected chi connectivity index (χ0v) is 4.27. The van der Waals surface area contributed by atoms with Crippen LogP contribution in [0.25, 0.3) is 0 Å². The molecule has 1 atom stereocenters. The van der Waals surface area contributed by atoms with E-state index in [1.54, 1.807) is 0 Å². The van der Waals surface area contributed by atoms with Crippen LogP contribution < -0.4 is 0 Å². The maximum absolute atomic E-state index is 10.0. The molecule has 0 spiro atoms. The lowest BCUT2D eigenvalue weighted by atomic mass is 10.4. The second-order valence-electron chi connectivity index (χ2n) is 1.34. The summed E-state index contributed by atoms with van der Waals surface area (Å²) in [7, 11) is 0. The van der Waals surface area contributed by atoms with Gasteiger partial charge in [0.15, 0.2) is 0 Å². The molecule has 0 aromatic carbocycles. The molecule has 0 aliphatic carbocycles. The average Bonchev–Trinajstić information content (AvgIpc) is 1.90. The Balaban J connectivity index is 2.31. The van der Waals surface area contributed by atoms with E-state index < -0.39 is 12.1 Å². The quantitative estimate of drug-likeness (QED) is 0.479. The molecule has 9 heavy (non-hydrogen) atoms. The third kappa shape index (κ3) is 1.61. The summed E-state index contributed by atoms with van der Waals surface area (Å²) < 4.78 is 0. The largest absolute Gasteiger partial charge is 0.479 e. The summed E-state index contributed by atoms with van der Waals surface area (Å²) in [6, 6.07) is 0. The number of carbonyl (C=O) groups is 1. The highest BCUT2D eigenvalue weighted by molar-refractivity contribution is 5.72. The molecule has 0 aromatic rings. The zero-order valence-electron chi connectivity index (χ0n) is 4.27. The first-order valence-electron chi connectivity index (χ1n) is 2.15. The lowest BCUT2D eigenvalue weighted by Gasteiger charge is -2.13. The number of hydrogen-bond acceptors (Lipinski definition) is 5. The molecule has 1 saturated heterocycles. The Labute approximate surface area is 49.7 Å². The van der Waals surface area contributed by atoms with E-state index in [0.29, 0.717) is 0 Å². The van der Waals surface area contributed by atoms with E-state index in [-0.39, 0.29) is 6.61 Å². The maximum atomic E-state index is 10.0. The minimum absolute atomic E-state index is 0.171. The van der Waals surface area contributed by atoms with Gasteiger partial charge in [-0.05, 0) is 10.1 Å². The molecule has 0 radical (unpaired) electrons. The summed E-state index contributed by atoms with van der Waals surface area (Å²) in [4.78, 5) is 18.2. The maximum Gasteiger partial charge on any atom is 0.338 e. The van der Waals surface area contributed by atoms with E-state index in [4.69, 9.17) is 5.11 Å². The summed E-state index contributed by atoms with van der Waals surface area (Å²) in [5, 5.41) is 15.7. The molecule has 0 amide bonds. The van der Waals surface area contributed by atoms with Crippen molar-refractivity contribution < 1.29 is 29.8 Å². The molecule has 1 heterocycles. The van der Waals surface area contributed by atoms with Crippen LogP contribution in [0.5, 0.6) is 0 Å². The van der Waals surface area contributed by atoms with Crippen molar-refractivity contribution >= 4 is 5.97 Å². The van der Waals surface area contributed by atoms with Gasteiger partial charge in [-0.3, -0.25) is 0 Å². The van der Waals surface area contributed by atoms with Crippen LogP contribution in [0, 0.1) is 0 Å². The predicted molar refractivity (Wildman–Crippen MR) is 20.6 cm³/mol. The second-order valence-corrected chi connectivity index (χ2v) is 1.34. The van der Waals surface area contributed by atoms with Crippen molar-refractivity contribution in [1.29, 1.82) is 0 Å². The van der Waals surface area contributed by atoms with Crippen molar-refractivity contribution in [2.75, 3.05) is 6.61 Å². The van der Waals surface area contributed by atoms with E-state index >= 15 is 0 Å². The van der Waals surface area contributed by atoms with Crippen molar-refractivity contribution in [2.45, 2.75) is 6.10 Å². The minimum Gasteiger partial charge on any atom is -0.479 e. The van der Waals surface area contributed by atoms with Crippen molar-refractivity contribution in [3.8, 4) is 0 Å². The Hall–Kier alpha value is -0.690. The molecule has 6 nitrogen and oxygen atoms in total. The highest BCUT2D eigenvalue weighted by Crippen LogP contribution is 2.02. The number of carboxylic acids is 1. The number of rotatable bonds is 1. The van der Waals surface area contributed by atoms with Gasteiger partial charge in [-0.15, -0.1) is 0 Å². The average molecular weight is 136 g/mol. The fourth-order valence-electron chi connectivity index (χ4n) is 0.313. The van der Waals surface area contributed by atoms with Crippen LogP contribution in [0.4, 0.5) is 0 Å². The normalized spacial score (nSPS) is 27.8. The molecule has 1 aliphatic heterocycles. The van der Waals surface area contributed by atoms with Crippen LogP contribution in [0.15, 0.2) is 0 Å². The van der Waals surface area contributed by atoms with Gasteiger partial charge in [0.05, 0.1) is 0 Å². The van der Waals surface area contributed by atoms with E-state index in [1.165, 1.54) is 0 Å². The fraction of sp³-hybridized carbons (Fsp3) is 0.667. The molecule has 1 unspecified atom stereocenters. The standard InChI is InChI=1S/C3H4O6/c4-3(5)2-1-6-8-9-7-2/h2H,1H2,(H,4,5). The van der Waals surface area contributed by atoms with Gasteiger partial charge in [0, 0.05) is 0 Å². The van der Waals surface area contributed by atoms with Gasteiger partial charge in [0.2, 0.25) is 6.10 Å². The van der Waals surface area contributed by atoms with Gasteiger partial charge in [0.25, 0.3) is 0 Å². The Morgan fingerprint density at radius 1 is 1.56 bits per heavy atom. The summed E-state index contributed by atoms with van der Waals surface area (Å²) >= 11 is 0. The first kappa shape index (κ1) is 6.43. The summed E-state index contributed by atoms with van der Waals surface area (Å²) in [6.45, 7) is -0.171. The molecule has 0 aromatic heterocycles. The molecular formula is C3H4O6. The van der Waals surface area contributed by atoms with Crippen molar-refractivity contribution in [2.24, 2.45) is 0 Å². The minimum atomic E-state index is -1.15. The molecule has 1 rings (SSSR count). The Morgan fingerprint density at radius 3 is 2.67 bits per heavy atom. The van der Waals surface area contributed by atoms with Gasteiger partial charge < -0.3 is 5.11 Å². The van der Waals surface area contributed by atoms with E-state index in [0.717, 1.165) is 0 Å². The molecule has 1 aliphatic rings. The Kier molecular flexibility index (Phi) is 1.96. The predicted octanol–water partition coefficient (Wildman–Crippen LogP) is -0.735. The van der Waals surface area contributed by atoms with Crippen LogP contribution in [-0.2, 0) is 24.6 Å². The second kappa shape index (κ2) is 2.74. The van der Waals surface area contributed by atoms with Crippen LogP contribution >= 0.6 is 0 Å². The molecular weight excluding hydrogens is 132 g/mol. The van der Waals surface area contributed by atoms with E-state index in [1.807, 2.05) is 0 Å². The van der Waals surface area contributed by atoms with Crippen LogP contribution in [0.2, 0.25) is 0 Å². The van der Waals surface area contributed by atoms with Gasteiger partial charge >= 0.3 is 5.97 Å². The summed E-state index contributed by atoms with van der Waals surface area (Å²) in [5.74, 6) is -1.15. The van der Waals surface area contributed by atoms with Crippen LogP contribution in [0.1, 0.15) is 0 Å². The molecule has 1 fully saturated rings. The van der Waals surface area contributed by atoms with E-state index in [9.17, 15) is 4.79 Å². The molecule has 0 bridgehead atoms. The number of hydrogen-bond donors (Lipinski definition) is 1. The van der Waals surface area contributed by atoms with Crippen molar-refractivity contribution in [3.63, 3.8) is 0 Å². The SMILES string of the molecule is O=C(O)C1COOOO1. The number of carboxylic acid groups (broad SMARTS) is 1. The molecule has 6 heteroatoms. The Morgan fingerprint density at radius 2 is 2.33 bits per heavy atom. The van der Waals surface area contributed by atoms with Crippen LogP contribution in [0.3, 0.4) is 0 Å². The first-order valence-corrected chi connectivity index (χ1v) is 2.15. The van der Waals surface area contributed by atoms with Gasteiger partial charge in [0.1, 0.15) is 6.61 Å².